The highest BCUT2D eigenvalue weighted by molar-refractivity contribution is 5.91. The molecule has 2 aromatic carbocycles. The van der Waals surface area contributed by atoms with Crippen molar-refractivity contribution < 1.29 is 19.0 Å². The van der Waals surface area contributed by atoms with Crippen molar-refractivity contribution in [2.24, 2.45) is 5.92 Å². The van der Waals surface area contributed by atoms with Crippen LogP contribution in [0.25, 0.3) is 0 Å². The first kappa shape index (κ1) is 23.2. The summed E-state index contributed by atoms with van der Waals surface area (Å²) in [7, 11) is 4.94. The molecule has 33 heavy (non-hydrogen) atoms. The summed E-state index contributed by atoms with van der Waals surface area (Å²) in [6.07, 6.45) is 4.16. The standard InChI is InChI=1S/C26H35N3O4/c1-31-22-8-6-19(7-9-22)10-13-28-12-4-5-20(17-28)18-29-14-11-21-15-24(32-2)25(33-3)16-23(21)27-26(29)30/h6-9,15-16,20H,4-5,10-14,17-18H2,1-3H3,(H,27,30). The summed E-state index contributed by atoms with van der Waals surface area (Å²) in [4.78, 5) is 17.5. The number of nitrogens with zero attached hydrogens (tertiary/aromatic N) is 2. The maximum Gasteiger partial charge on any atom is 0.321 e. The topological polar surface area (TPSA) is 63.3 Å². The van der Waals surface area contributed by atoms with Gasteiger partial charge in [0, 0.05) is 37.9 Å². The number of anilines is 1. The maximum absolute atomic E-state index is 13.0. The molecule has 0 radical (unpaired) electrons. The van der Waals surface area contributed by atoms with Crippen LogP contribution in [0.2, 0.25) is 0 Å². The van der Waals surface area contributed by atoms with E-state index in [1.807, 2.05) is 29.2 Å². The Morgan fingerprint density at radius 1 is 1.00 bits per heavy atom. The number of amides is 2. The zero-order valence-electron chi connectivity index (χ0n) is 19.9. The van der Waals surface area contributed by atoms with E-state index >= 15 is 0 Å². The van der Waals surface area contributed by atoms with Crippen LogP contribution in [0.3, 0.4) is 0 Å². The van der Waals surface area contributed by atoms with E-state index in [-0.39, 0.29) is 6.03 Å². The van der Waals surface area contributed by atoms with Crippen LogP contribution in [0.4, 0.5) is 10.5 Å². The van der Waals surface area contributed by atoms with Crippen LogP contribution in [0.15, 0.2) is 36.4 Å². The van der Waals surface area contributed by atoms with E-state index in [1.165, 1.54) is 12.0 Å². The summed E-state index contributed by atoms with van der Waals surface area (Å²) >= 11 is 0. The van der Waals surface area contributed by atoms with Crippen molar-refractivity contribution in [1.29, 1.82) is 0 Å². The van der Waals surface area contributed by atoms with Crippen LogP contribution in [-0.2, 0) is 12.8 Å². The van der Waals surface area contributed by atoms with E-state index in [1.54, 1.807) is 21.3 Å². The highest BCUT2D eigenvalue weighted by Crippen LogP contribution is 2.35. The Bertz CT molecular complexity index is 947. The van der Waals surface area contributed by atoms with Gasteiger partial charge < -0.3 is 29.3 Å². The number of carbonyl (C=O) groups excluding carboxylic acids is 1. The molecule has 4 rings (SSSR count). The number of fused-ring (bicyclic) bond motifs is 1. The summed E-state index contributed by atoms with van der Waals surface area (Å²) in [5.41, 5.74) is 3.21. The fourth-order valence-corrected chi connectivity index (χ4v) is 4.86. The van der Waals surface area contributed by atoms with Gasteiger partial charge in [0.1, 0.15) is 5.75 Å². The first-order valence-electron chi connectivity index (χ1n) is 11.8. The van der Waals surface area contributed by atoms with Gasteiger partial charge in [-0.2, -0.15) is 0 Å². The third kappa shape index (κ3) is 5.71. The number of benzene rings is 2. The van der Waals surface area contributed by atoms with E-state index in [0.717, 1.165) is 62.4 Å². The summed E-state index contributed by atoms with van der Waals surface area (Å²) in [5, 5.41) is 3.08. The van der Waals surface area contributed by atoms with Crippen LogP contribution < -0.4 is 19.5 Å². The minimum atomic E-state index is -0.0312. The molecule has 2 heterocycles. The fraction of sp³-hybridized carbons (Fsp3) is 0.500. The molecule has 0 spiro atoms. The van der Waals surface area contributed by atoms with Crippen molar-refractivity contribution in [2.45, 2.75) is 25.7 Å². The van der Waals surface area contributed by atoms with Gasteiger partial charge in [0.2, 0.25) is 0 Å². The summed E-state index contributed by atoms with van der Waals surface area (Å²) < 4.78 is 16.1. The van der Waals surface area contributed by atoms with Gasteiger partial charge in [0.25, 0.3) is 0 Å². The molecule has 2 aliphatic heterocycles. The van der Waals surface area contributed by atoms with Gasteiger partial charge in [-0.05, 0) is 67.5 Å². The zero-order chi connectivity index (χ0) is 23.2. The van der Waals surface area contributed by atoms with Gasteiger partial charge in [-0.3, -0.25) is 0 Å². The number of nitrogens with one attached hydrogen (secondary N) is 1. The number of hydrogen-bond donors (Lipinski definition) is 1. The highest BCUT2D eigenvalue weighted by atomic mass is 16.5. The molecule has 0 aliphatic carbocycles. The van der Waals surface area contributed by atoms with Crippen LogP contribution in [0, 0.1) is 5.92 Å². The average molecular weight is 454 g/mol. The second kappa shape index (κ2) is 10.8. The first-order chi connectivity index (χ1) is 16.1. The third-order valence-electron chi connectivity index (χ3n) is 6.75. The van der Waals surface area contributed by atoms with Gasteiger partial charge in [-0.15, -0.1) is 0 Å². The van der Waals surface area contributed by atoms with Crippen molar-refractivity contribution in [1.82, 2.24) is 9.80 Å². The Morgan fingerprint density at radius 2 is 1.76 bits per heavy atom. The zero-order valence-corrected chi connectivity index (χ0v) is 19.9. The third-order valence-corrected chi connectivity index (χ3v) is 6.75. The molecule has 0 bridgehead atoms. The highest BCUT2D eigenvalue weighted by Gasteiger charge is 2.27. The van der Waals surface area contributed by atoms with Gasteiger partial charge in [-0.25, -0.2) is 4.79 Å². The van der Waals surface area contributed by atoms with Crippen molar-refractivity contribution in [3.63, 3.8) is 0 Å². The molecule has 1 fully saturated rings. The van der Waals surface area contributed by atoms with E-state index in [4.69, 9.17) is 14.2 Å². The number of piperidine rings is 1. The van der Waals surface area contributed by atoms with E-state index < -0.39 is 0 Å². The first-order valence-corrected chi connectivity index (χ1v) is 11.8. The summed E-state index contributed by atoms with van der Waals surface area (Å²) in [6, 6.07) is 12.1. The smallest absolute Gasteiger partial charge is 0.321 e. The molecular weight excluding hydrogens is 418 g/mol. The predicted molar refractivity (Wildman–Crippen MR) is 130 cm³/mol. The molecule has 2 aromatic rings. The monoisotopic (exact) mass is 453 g/mol. The molecule has 0 aromatic heterocycles. The molecule has 178 valence electrons. The second-order valence-electron chi connectivity index (χ2n) is 8.90. The normalized spacial score (nSPS) is 18.8. The Morgan fingerprint density at radius 3 is 2.48 bits per heavy atom. The van der Waals surface area contributed by atoms with E-state index in [0.29, 0.717) is 24.0 Å². The molecule has 0 saturated carbocycles. The predicted octanol–water partition coefficient (Wildman–Crippen LogP) is 4.06. The van der Waals surface area contributed by atoms with Gasteiger partial charge in [-0.1, -0.05) is 12.1 Å². The number of ether oxygens (including phenoxy) is 3. The van der Waals surface area contributed by atoms with Gasteiger partial charge >= 0.3 is 6.03 Å². The van der Waals surface area contributed by atoms with E-state index in [9.17, 15) is 4.79 Å². The lowest BCUT2D eigenvalue weighted by atomic mass is 9.97. The quantitative estimate of drug-likeness (QED) is 0.653. The van der Waals surface area contributed by atoms with Gasteiger partial charge in [0.05, 0.1) is 21.3 Å². The number of carbonyl (C=O) groups is 1. The molecule has 2 aliphatic rings. The Labute approximate surface area is 196 Å². The lowest BCUT2D eigenvalue weighted by molar-refractivity contribution is 0.143. The number of likely N-dealkylation sites (tertiary alicyclic amines) is 1. The summed E-state index contributed by atoms with van der Waals surface area (Å²) in [5.74, 6) is 2.71. The fourth-order valence-electron chi connectivity index (χ4n) is 4.86. The van der Waals surface area contributed by atoms with Crippen molar-refractivity contribution in [2.75, 3.05) is 59.4 Å². The molecular formula is C26H35N3O4. The molecule has 1 N–H and O–H groups in total. The molecule has 1 atom stereocenters. The Balaban J connectivity index is 1.32. The van der Waals surface area contributed by atoms with Crippen molar-refractivity contribution >= 4 is 11.7 Å². The average Bonchev–Trinajstić information content (AvgIpc) is 3.00. The van der Waals surface area contributed by atoms with Crippen LogP contribution in [0.5, 0.6) is 17.2 Å². The SMILES string of the molecule is COc1ccc(CCN2CCCC(CN3CCc4cc(OC)c(OC)cc4NC3=O)C2)cc1. The molecule has 2 amide bonds. The van der Waals surface area contributed by atoms with Crippen LogP contribution in [-0.4, -0.2) is 69.9 Å². The van der Waals surface area contributed by atoms with Gasteiger partial charge in [0.15, 0.2) is 11.5 Å². The lowest BCUT2D eigenvalue weighted by Crippen LogP contribution is -2.44. The van der Waals surface area contributed by atoms with Crippen molar-refractivity contribution in [3.8, 4) is 17.2 Å². The molecule has 1 saturated heterocycles. The minimum Gasteiger partial charge on any atom is -0.497 e. The summed E-state index contributed by atoms with van der Waals surface area (Å²) in [6.45, 7) is 4.70. The minimum absolute atomic E-state index is 0.0312. The maximum atomic E-state index is 13.0. The lowest BCUT2D eigenvalue weighted by Gasteiger charge is -2.35. The number of urea groups is 1. The molecule has 7 heteroatoms. The molecule has 7 nitrogen and oxygen atoms in total. The van der Waals surface area contributed by atoms with Crippen molar-refractivity contribution in [3.05, 3.63) is 47.5 Å². The number of rotatable bonds is 8. The van der Waals surface area contributed by atoms with Crippen LogP contribution >= 0.6 is 0 Å². The largest absolute Gasteiger partial charge is 0.497 e. The Kier molecular flexibility index (Phi) is 7.60. The van der Waals surface area contributed by atoms with E-state index in [2.05, 4.69) is 22.3 Å². The number of methoxy groups -OCH3 is 3. The Hall–Kier alpha value is -2.93. The second-order valence-corrected chi connectivity index (χ2v) is 8.90. The number of hydrogen-bond acceptors (Lipinski definition) is 5. The van der Waals surface area contributed by atoms with Crippen LogP contribution in [0.1, 0.15) is 24.0 Å². The molecule has 1 unspecified atom stereocenters.